The molecule has 10 heteroatoms. The summed E-state index contributed by atoms with van der Waals surface area (Å²) in [6.45, 7) is 4.46. The summed E-state index contributed by atoms with van der Waals surface area (Å²) in [6, 6.07) is 4.09. The van der Waals surface area contributed by atoms with Gasteiger partial charge in [0.1, 0.15) is 22.6 Å². The van der Waals surface area contributed by atoms with Gasteiger partial charge in [0, 0.05) is 11.6 Å². The predicted molar refractivity (Wildman–Crippen MR) is 108 cm³/mol. The molecule has 0 aliphatic rings. The maximum Gasteiger partial charge on any atom is 0.376 e. The number of aromatic nitrogens is 2. The summed E-state index contributed by atoms with van der Waals surface area (Å²) >= 11 is 5.96. The van der Waals surface area contributed by atoms with Crippen molar-refractivity contribution in [2.45, 2.75) is 32.3 Å². The predicted octanol–water partition coefficient (Wildman–Crippen LogP) is 3.72. The molecule has 0 saturated heterocycles. The van der Waals surface area contributed by atoms with Gasteiger partial charge in [0.25, 0.3) is 0 Å². The van der Waals surface area contributed by atoms with Crippen LogP contribution in [-0.4, -0.2) is 40.7 Å². The normalized spacial score (nSPS) is 12.6. The second kappa shape index (κ2) is 8.60. The van der Waals surface area contributed by atoms with Crippen molar-refractivity contribution >= 4 is 34.4 Å². The van der Waals surface area contributed by atoms with Crippen LogP contribution in [-0.2, 0) is 19.9 Å². The number of hydrogen-bond donors (Lipinski definition) is 1. The Balaban J connectivity index is 2.22. The summed E-state index contributed by atoms with van der Waals surface area (Å²) in [5.74, 6) is -4.31. The van der Waals surface area contributed by atoms with Gasteiger partial charge in [-0.2, -0.15) is 0 Å². The zero-order valence-corrected chi connectivity index (χ0v) is 18.0. The molecule has 0 aliphatic heterocycles. The highest BCUT2D eigenvalue weighted by molar-refractivity contribution is 6.31. The molecule has 0 saturated carbocycles. The van der Waals surface area contributed by atoms with Gasteiger partial charge in [-0.05, 0) is 44.5 Å². The van der Waals surface area contributed by atoms with Crippen LogP contribution in [0.25, 0.3) is 10.9 Å². The van der Waals surface area contributed by atoms with Crippen molar-refractivity contribution in [3.63, 3.8) is 0 Å². The first kappa shape index (κ1) is 22.6. The van der Waals surface area contributed by atoms with Crippen molar-refractivity contribution in [3.05, 3.63) is 58.1 Å². The van der Waals surface area contributed by atoms with Gasteiger partial charge in [0.05, 0.1) is 18.7 Å². The number of fused-ring (bicyclic) bond motifs is 1. The maximum atomic E-state index is 14.7. The van der Waals surface area contributed by atoms with E-state index in [1.54, 1.807) is 6.92 Å². The third-order valence-corrected chi connectivity index (χ3v) is 4.63. The number of rotatable bonds is 6. The first-order chi connectivity index (χ1) is 14.6. The fourth-order valence-electron chi connectivity index (χ4n) is 3.07. The van der Waals surface area contributed by atoms with Crippen LogP contribution >= 0.6 is 11.6 Å². The summed E-state index contributed by atoms with van der Waals surface area (Å²) in [7, 11) is 1.15. The molecule has 2 aromatic heterocycles. The third kappa shape index (κ3) is 4.52. The van der Waals surface area contributed by atoms with Crippen LogP contribution in [0.5, 0.6) is 0 Å². The molecule has 3 aromatic rings. The first-order valence-electron chi connectivity index (χ1n) is 9.30. The average molecular weight is 451 g/mol. The Morgan fingerprint density at radius 3 is 2.65 bits per heavy atom. The molecule has 0 amide bonds. The largest absolute Gasteiger partial charge is 0.468 e. The van der Waals surface area contributed by atoms with Crippen molar-refractivity contribution in [2.24, 2.45) is 0 Å². The Kier molecular flexibility index (Phi) is 6.28. The second-order valence-electron chi connectivity index (χ2n) is 7.19. The molecular weight excluding hydrogens is 431 g/mol. The number of esters is 2. The van der Waals surface area contributed by atoms with Gasteiger partial charge < -0.3 is 19.0 Å². The maximum absolute atomic E-state index is 14.7. The topological polar surface area (TPSA) is 112 Å². The summed E-state index contributed by atoms with van der Waals surface area (Å²) in [6.07, 6.45) is 1.31. The highest BCUT2D eigenvalue weighted by Crippen LogP contribution is 2.34. The lowest BCUT2D eigenvalue weighted by atomic mass is 9.96. The minimum atomic E-state index is -1.59. The minimum absolute atomic E-state index is 0.0598. The number of nitrogens with zero attached hydrogens (tertiary/aromatic N) is 2. The number of methoxy groups -OCH3 is 1. The smallest absolute Gasteiger partial charge is 0.376 e. The van der Waals surface area contributed by atoms with E-state index in [9.17, 15) is 19.1 Å². The summed E-state index contributed by atoms with van der Waals surface area (Å²) in [5.41, 5.74) is -1.51. The van der Waals surface area contributed by atoms with E-state index in [4.69, 9.17) is 25.5 Å². The van der Waals surface area contributed by atoms with Gasteiger partial charge in [0.2, 0.25) is 11.7 Å². The molecule has 1 N–H and O–H groups in total. The van der Waals surface area contributed by atoms with Gasteiger partial charge in [-0.3, -0.25) is 9.78 Å². The number of carbonyl (C=O) groups is 2. The highest BCUT2D eigenvalue weighted by Gasteiger charge is 2.37. The lowest BCUT2D eigenvalue weighted by molar-refractivity contribution is -0.141. The summed E-state index contributed by atoms with van der Waals surface area (Å²) < 4.78 is 30.1. The number of benzene rings is 1. The zero-order valence-electron chi connectivity index (χ0n) is 17.2. The number of aliphatic hydroxyl groups is 1. The van der Waals surface area contributed by atoms with E-state index in [0.29, 0.717) is 5.39 Å². The third-order valence-electron chi connectivity index (χ3n) is 4.43. The monoisotopic (exact) mass is 450 g/mol. The molecule has 1 unspecified atom stereocenters. The molecule has 0 bridgehead atoms. The van der Waals surface area contributed by atoms with Crippen LogP contribution in [0.2, 0.25) is 5.02 Å². The zero-order chi connectivity index (χ0) is 22.9. The van der Waals surface area contributed by atoms with Gasteiger partial charge in [-0.25, -0.2) is 14.2 Å². The molecule has 164 valence electrons. The van der Waals surface area contributed by atoms with Crippen LogP contribution in [0, 0.1) is 5.82 Å². The van der Waals surface area contributed by atoms with Gasteiger partial charge in [0.15, 0.2) is 5.92 Å². The Bertz CT molecular complexity index is 1150. The molecule has 0 aliphatic carbocycles. The molecule has 2 heterocycles. The number of oxazole rings is 1. The summed E-state index contributed by atoms with van der Waals surface area (Å²) in [5, 5.41) is 11.1. The minimum Gasteiger partial charge on any atom is -0.468 e. The molecule has 0 fully saturated rings. The Labute approximate surface area is 182 Å². The number of halogens is 2. The van der Waals surface area contributed by atoms with E-state index in [2.05, 4.69) is 9.97 Å². The fourth-order valence-corrected chi connectivity index (χ4v) is 3.24. The lowest BCUT2D eigenvalue weighted by Gasteiger charge is -2.15. The number of hydrogen-bond acceptors (Lipinski definition) is 8. The molecule has 0 radical (unpaired) electrons. The molecule has 1 aromatic carbocycles. The molecule has 8 nitrogen and oxygen atoms in total. The first-order valence-corrected chi connectivity index (χ1v) is 9.67. The van der Waals surface area contributed by atoms with Crippen molar-refractivity contribution in [3.8, 4) is 0 Å². The number of pyridine rings is 1. The Morgan fingerprint density at radius 1 is 1.32 bits per heavy atom. The van der Waals surface area contributed by atoms with Gasteiger partial charge in [-0.15, -0.1) is 0 Å². The van der Waals surface area contributed by atoms with Crippen molar-refractivity contribution in [1.82, 2.24) is 9.97 Å². The van der Waals surface area contributed by atoms with E-state index in [-0.39, 0.29) is 40.1 Å². The Hall–Kier alpha value is -3.04. The van der Waals surface area contributed by atoms with Crippen LogP contribution in [0.1, 0.15) is 54.4 Å². The van der Waals surface area contributed by atoms with Gasteiger partial charge in [-0.1, -0.05) is 11.6 Å². The molecule has 3 rings (SSSR count). The average Bonchev–Trinajstić information content (AvgIpc) is 3.13. The van der Waals surface area contributed by atoms with E-state index in [0.717, 1.165) is 13.2 Å². The lowest BCUT2D eigenvalue weighted by Crippen LogP contribution is -2.21. The highest BCUT2D eigenvalue weighted by atomic mass is 35.5. The van der Waals surface area contributed by atoms with E-state index < -0.39 is 29.3 Å². The van der Waals surface area contributed by atoms with Crippen molar-refractivity contribution in [2.75, 3.05) is 13.7 Å². The van der Waals surface area contributed by atoms with Crippen LogP contribution in [0.4, 0.5) is 4.39 Å². The molecular formula is C21H20ClFN2O6. The fraction of sp³-hybridized carbons (Fsp3) is 0.333. The molecule has 0 spiro atoms. The van der Waals surface area contributed by atoms with Crippen LogP contribution in [0.3, 0.4) is 0 Å². The number of ether oxygens (including phenoxy) is 2. The molecule has 31 heavy (non-hydrogen) atoms. The van der Waals surface area contributed by atoms with Crippen LogP contribution < -0.4 is 0 Å². The van der Waals surface area contributed by atoms with E-state index >= 15 is 0 Å². The SMILES string of the molecule is CCOC(=O)c1oc(C(C(=O)OC)c2cc(F)c3ncc(Cl)cc3c2)nc1C(C)(C)O. The van der Waals surface area contributed by atoms with Gasteiger partial charge >= 0.3 is 11.9 Å². The quantitative estimate of drug-likeness (QED) is 0.565. The van der Waals surface area contributed by atoms with Crippen molar-refractivity contribution < 1.29 is 33.0 Å². The van der Waals surface area contributed by atoms with Crippen LogP contribution in [0.15, 0.2) is 28.8 Å². The molecule has 1 atom stereocenters. The summed E-state index contributed by atoms with van der Waals surface area (Å²) in [4.78, 5) is 33.1. The standard InChI is InChI=1S/C21H20ClFN2O6/c1-5-30-20(27)16-17(21(2,3)28)25-18(31-16)14(19(26)29-4)10-6-11-7-12(22)9-24-15(11)13(23)8-10/h6-9,14,28H,5H2,1-4H3. The Morgan fingerprint density at radius 2 is 2.03 bits per heavy atom. The van der Waals surface area contributed by atoms with E-state index in [1.807, 2.05) is 0 Å². The van der Waals surface area contributed by atoms with Crippen molar-refractivity contribution in [1.29, 1.82) is 0 Å². The second-order valence-corrected chi connectivity index (χ2v) is 7.63. The number of carbonyl (C=O) groups excluding carboxylic acids is 2. The van der Waals surface area contributed by atoms with E-state index in [1.165, 1.54) is 32.2 Å².